The van der Waals surface area contributed by atoms with Gasteiger partial charge in [0.25, 0.3) is 17.1 Å². The molecular formula is C23H20FN5O3S. The van der Waals surface area contributed by atoms with Gasteiger partial charge in [-0.2, -0.15) is 0 Å². The molecular weight excluding hydrogens is 445 g/mol. The van der Waals surface area contributed by atoms with Crippen molar-refractivity contribution in [3.8, 4) is 5.69 Å². The van der Waals surface area contributed by atoms with Crippen molar-refractivity contribution in [3.63, 3.8) is 0 Å². The zero-order valence-electron chi connectivity index (χ0n) is 17.9. The molecule has 0 radical (unpaired) electrons. The summed E-state index contributed by atoms with van der Waals surface area (Å²) in [5, 5.41) is 10.3. The highest BCUT2D eigenvalue weighted by Gasteiger charge is 2.34. The van der Waals surface area contributed by atoms with Crippen molar-refractivity contribution in [3.05, 3.63) is 81.8 Å². The van der Waals surface area contributed by atoms with E-state index in [-0.39, 0.29) is 29.5 Å². The van der Waals surface area contributed by atoms with Gasteiger partial charge < -0.3 is 5.32 Å². The Morgan fingerprint density at radius 1 is 1.09 bits per heavy atom. The van der Waals surface area contributed by atoms with Gasteiger partial charge in [-0.1, -0.05) is 35.0 Å². The molecule has 4 rings (SSSR count). The van der Waals surface area contributed by atoms with Gasteiger partial charge >= 0.3 is 0 Å². The quantitative estimate of drug-likeness (QED) is 0.560. The van der Waals surface area contributed by atoms with Crippen LogP contribution in [-0.2, 0) is 4.79 Å². The predicted molar refractivity (Wildman–Crippen MR) is 122 cm³/mol. The molecule has 33 heavy (non-hydrogen) atoms. The highest BCUT2D eigenvalue weighted by molar-refractivity contribution is 8.18. The van der Waals surface area contributed by atoms with Gasteiger partial charge in [-0.05, 0) is 61.5 Å². The summed E-state index contributed by atoms with van der Waals surface area (Å²) >= 11 is 0.807. The number of nitrogens with one attached hydrogen (secondary N) is 1. The smallest absolute Gasteiger partial charge is 0.293 e. The molecule has 3 amide bonds. The first-order valence-corrected chi connectivity index (χ1v) is 10.9. The molecule has 2 heterocycles. The fourth-order valence-corrected chi connectivity index (χ4v) is 4.10. The summed E-state index contributed by atoms with van der Waals surface area (Å²) in [6, 6.07) is 13.3. The van der Waals surface area contributed by atoms with Crippen LogP contribution in [0.3, 0.4) is 0 Å². The van der Waals surface area contributed by atoms with E-state index in [0.717, 1.165) is 27.9 Å². The van der Waals surface area contributed by atoms with Crippen molar-refractivity contribution in [2.24, 2.45) is 0 Å². The highest BCUT2D eigenvalue weighted by Crippen LogP contribution is 2.31. The Balaban J connectivity index is 1.37. The molecule has 2 aromatic carbocycles. The Hall–Kier alpha value is -3.79. The lowest BCUT2D eigenvalue weighted by Gasteiger charge is -2.12. The number of benzene rings is 2. The van der Waals surface area contributed by atoms with Crippen LogP contribution in [0.25, 0.3) is 11.8 Å². The van der Waals surface area contributed by atoms with Gasteiger partial charge in [-0.3, -0.25) is 19.3 Å². The van der Waals surface area contributed by atoms with Gasteiger partial charge in [-0.25, -0.2) is 9.07 Å². The number of imide groups is 1. The number of hydrogen-bond acceptors (Lipinski definition) is 6. The first-order chi connectivity index (χ1) is 15.8. The molecule has 0 aliphatic carbocycles. The lowest BCUT2D eigenvalue weighted by Crippen LogP contribution is -2.37. The average molecular weight is 466 g/mol. The monoisotopic (exact) mass is 465 g/mol. The standard InChI is InChI=1S/C23H20FN5O3S/c1-14-3-9-18(10-4-14)29-15(2)20(26-27-29)21(30)25-11-12-28-22(31)19(33-23(28)32)13-16-5-7-17(24)8-6-16/h3-10,13H,11-12H2,1-2H3,(H,25,30)/b19-13+. The van der Waals surface area contributed by atoms with Gasteiger partial charge in [0.05, 0.1) is 16.3 Å². The van der Waals surface area contributed by atoms with Gasteiger partial charge in [0.2, 0.25) is 0 Å². The molecule has 1 aliphatic rings. The van der Waals surface area contributed by atoms with Crippen LogP contribution < -0.4 is 5.32 Å². The summed E-state index contributed by atoms with van der Waals surface area (Å²) in [6.07, 6.45) is 1.54. The molecule has 0 atom stereocenters. The number of nitrogens with zero attached hydrogens (tertiary/aromatic N) is 4. The maximum Gasteiger partial charge on any atom is 0.293 e. The van der Waals surface area contributed by atoms with Crippen LogP contribution in [0.4, 0.5) is 9.18 Å². The SMILES string of the molecule is Cc1ccc(-n2nnc(C(=O)NCCN3C(=O)S/C(=C/c4ccc(F)cc4)C3=O)c2C)cc1. The summed E-state index contributed by atoms with van der Waals surface area (Å²) in [5.41, 5.74) is 3.25. The second-order valence-corrected chi connectivity index (χ2v) is 8.40. The van der Waals surface area contributed by atoms with Crippen molar-refractivity contribution < 1.29 is 18.8 Å². The minimum Gasteiger partial charge on any atom is -0.349 e. The lowest BCUT2D eigenvalue weighted by molar-refractivity contribution is -0.122. The lowest BCUT2D eigenvalue weighted by atomic mass is 10.2. The Morgan fingerprint density at radius 2 is 1.79 bits per heavy atom. The van der Waals surface area contributed by atoms with Crippen molar-refractivity contribution in [2.75, 3.05) is 13.1 Å². The van der Waals surface area contributed by atoms with Crippen LogP contribution in [0.2, 0.25) is 0 Å². The second kappa shape index (κ2) is 9.37. The molecule has 10 heteroatoms. The first kappa shape index (κ1) is 22.4. The zero-order valence-corrected chi connectivity index (χ0v) is 18.7. The molecule has 8 nitrogen and oxygen atoms in total. The average Bonchev–Trinajstić information content (AvgIpc) is 3.30. The van der Waals surface area contributed by atoms with Crippen LogP contribution in [0.15, 0.2) is 53.4 Å². The number of aryl methyl sites for hydroxylation is 1. The molecule has 1 aliphatic heterocycles. The molecule has 1 saturated heterocycles. The van der Waals surface area contributed by atoms with Gasteiger partial charge in [-0.15, -0.1) is 5.10 Å². The first-order valence-electron chi connectivity index (χ1n) is 10.1. The summed E-state index contributed by atoms with van der Waals surface area (Å²) < 4.78 is 14.6. The van der Waals surface area contributed by atoms with Gasteiger partial charge in [0.15, 0.2) is 5.69 Å². The molecule has 1 fully saturated rings. The van der Waals surface area contributed by atoms with Crippen molar-refractivity contribution >= 4 is 34.9 Å². The molecule has 0 spiro atoms. The summed E-state index contributed by atoms with van der Waals surface area (Å²) in [5.74, 6) is -1.28. The molecule has 1 aromatic heterocycles. The van der Waals surface area contributed by atoms with Crippen LogP contribution in [0.5, 0.6) is 0 Å². The van der Waals surface area contributed by atoms with E-state index in [1.807, 2.05) is 31.2 Å². The third kappa shape index (κ3) is 4.85. The van der Waals surface area contributed by atoms with E-state index in [1.165, 1.54) is 30.3 Å². The number of halogens is 1. The van der Waals surface area contributed by atoms with E-state index < -0.39 is 17.1 Å². The molecule has 0 unspecified atom stereocenters. The predicted octanol–water partition coefficient (Wildman–Crippen LogP) is 3.49. The van der Waals surface area contributed by atoms with Crippen LogP contribution in [-0.4, -0.2) is 50.0 Å². The Kier molecular flexibility index (Phi) is 6.36. The maximum absolute atomic E-state index is 13.1. The Bertz CT molecular complexity index is 1250. The largest absolute Gasteiger partial charge is 0.349 e. The number of amides is 3. The minimum atomic E-state index is -0.454. The van der Waals surface area contributed by atoms with Crippen molar-refractivity contribution in [1.29, 1.82) is 0 Å². The summed E-state index contributed by atoms with van der Waals surface area (Å²) in [7, 11) is 0. The minimum absolute atomic E-state index is 0.0162. The Morgan fingerprint density at radius 3 is 2.48 bits per heavy atom. The van der Waals surface area contributed by atoms with Gasteiger partial charge in [0.1, 0.15) is 5.82 Å². The fraction of sp³-hybridized carbons (Fsp3) is 0.174. The van der Waals surface area contributed by atoms with E-state index in [9.17, 15) is 18.8 Å². The fourth-order valence-electron chi connectivity index (χ4n) is 3.24. The number of carbonyl (C=O) groups excluding carboxylic acids is 3. The molecule has 1 N–H and O–H groups in total. The van der Waals surface area contributed by atoms with E-state index in [4.69, 9.17) is 0 Å². The maximum atomic E-state index is 13.1. The molecule has 0 saturated carbocycles. The van der Waals surface area contributed by atoms with Crippen LogP contribution in [0.1, 0.15) is 27.3 Å². The van der Waals surface area contributed by atoms with Gasteiger partial charge in [0, 0.05) is 13.1 Å². The summed E-state index contributed by atoms with van der Waals surface area (Å²) in [4.78, 5) is 38.7. The number of aromatic nitrogens is 3. The van der Waals surface area contributed by atoms with E-state index >= 15 is 0 Å². The molecule has 168 valence electrons. The molecule has 0 bridgehead atoms. The normalized spacial score (nSPS) is 14.9. The van der Waals surface area contributed by atoms with Crippen LogP contribution in [0, 0.1) is 19.7 Å². The number of hydrogen-bond donors (Lipinski definition) is 1. The molecule has 3 aromatic rings. The van der Waals surface area contributed by atoms with E-state index in [1.54, 1.807) is 11.6 Å². The highest BCUT2D eigenvalue weighted by atomic mass is 32.2. The summed E-state index contributed by atoms with van der Waals surface area (Å²) in [6.45, 7) is 3.80. The number of carbonyl (C=O) groups is 3. The number of thioether (sulfide) groups is 1. The van der Waals surface area contributed by atoms with E-state index in [0.29, 0.717) is 11.3 Å². The topological polar surface area (TPSA) is 97.2 Å². The van der Waals surface area contributed by atoms with Crippen LogP contribution >= 0.6 is 11.8 Å². The zero-order chi connectivity index (χ0) is 23.5. The number of rotatable bonds is 6. The van der Waals surface area contributed by atoms with E-state index in [2.05, 4.69) is 15.6 Å². The third-order valence-electron chi connectivity index (χ3n) is 5.05. The van der Waals surface area contributed by atoms with Crippen molar-refractivity contribution in [1.82, 2.24) is 25.2 Å². The second-order valence-electron chi connectivity index (χ2n) is 7.41. The third-order valence-corrected chi connectivity index (χ3v) is 5.96. The Labute approximate surface area is 193 Å². The van der Waals surface area contributed by atoms with Crippen molar-refractivity contribution in [2.45, 2.75) is 13.8 Å².